The standard InChI is InChI=1S/C34H40N4O5/c1-34(2,3)43-33(39)38-30-17-22(21-10-8-7-9-11-21)12-13-28(30)36-32-35-20-24-16-27(31(42-6)19-29(24)37-32)23-14-25(40-4)18-26(15-23)41-5/h7-11,14-16,18-20,22,28,30H,12-13,17H2,1-6H3,(H,38,39)(H,35,36,37). The molecule has 1 aromatic heterocycles. The minimum Gasteiger partial charge on any atom is -0.497 e. The van der Waals surface area contributed by atoms with Crippen molar-refractivity contribution < 1.29 is 23.7 Å². The molecule has 226 valence electrons. The Balaban J connectivity index is 1.41. The molecule has 1 saturated carbocycles. The zero-order valence-corrected chi connectivity index (χ0v) is 25.6. The summed E-state index contributed by atoms with van der Waals surface area (Å²) in [5.74, 6) is 2.85. The summed E-state index contributed by atoms with van der Waals surface area (Å²) in [5, 5.41) is 7.50. The van der Waals surface area contributed by atoms with Gasteiger partial charge in [0.15, 0.2) is 0 Å². The molecular weight excluding hydrogens is 544 g/mol. The number of nitrogens with zero attached hydrogens (tertiary/aromatic N) is 2. The lowest BCUT2D eigenvalue weighted by Gasteiger charge is -2.37. The number of fused-ring (bicyclic) bond motifs is 1. The van der Waals surface area contributed by atoms with Gasteiger partial charge in [-0.15, -0.1) is 0 Å². The van der Waals surface area contributed by atoms with Crippen molar-refractivity contribution in [2.75, 3.05) is 26.6 Å². The van der Waals surface area contributed by atoms with E-state index in [1.165, 1.54) is 5.56 Å². The summed E-state index contributed by atoms with van der Waals surface area (Å²) in [4.78, 5) is 22.3. The molecule has 9 nitrogen and oxygen atoms in total. The Hall–Kier alpha value is -4.53. The Labute approximate surface area is 252 Å². The number of alkyl carbamates (subject to hydrolysis) is 1. The first-order chi connectivity index (χ1) is 20.6. The van der Waals surface area contributed by atoms with Gasteiger partial charge in [0.1, 0.15) is 22.8 Å². The van der Waals surface area contributed by atoms with Crippen molar-refractivity contribution in [1.82, 2.24) is 15.3 Å². The highest BCUT2D eigenvalue weighted by Gasteiger charge is 2.34. The maximum atomic E-state index is 12.8. The molecule has 0 spiro atoms. The Morgan fingerprint density at radius 2 is 1.60 bits per heavy atom. The molecule has 2 N–H and O–H groups in total. The number of amides is 1. The number of hydrogen-bond donors (Lipinski definition) is 2. The van der Waals surface area contributed by atoms with E-state index in [0.717, 1.165) is 41.3 Å². The number of carbonyl (C=O) groups is 1. The molecule has 3 atom stereocenters. The molecule has 9 heteroatoms. The molecule has 1 aliphatic carbocycles. The van der Waals surface area contributed by atoms with Gasteiger partial charge in [0.25, 0.3) is 0 Å². The summed E-state index contributed by atoms with van der Waals surface area (Å²) in [5.41, 5.74) is 3.19. The lowest BCUT2D eigenvalue weighted by Crippen LogP contribution is -2.51. The number of methoxy groups -OCH3 is 3. The van der Waals surface area contributed by atoms with Crippen LogP contribution in [0.3, 0.4) is 0 Å². The van der Waals surface area contributed by atoms with Gasteiger partial charge in [-0.25, -0.2) is 14.8 Å². The molecule has 1 fully saturated rings. The monoisotopic (exact) mass is 584 g/mol. The number of carbonyl (C=O) groups excluding carboxylic acids is 1. The SMILES string of the molecule is COc1cc(OC)cc(-c2cc3cnc(NC4CCC(c5ccccc5)CC4NC(=O)OC(C)(C)C)nc3cc2OC)c1. The minimum atomic E-state index is -0.587. The largest absolute Gasteiger partial charge is 0.497 e. The Morgan fingerprint density at radius 3 is 2.26 bits per heavy atom. The Morgan fingerprint density at radius 1 is 0.884 bits per heavy atom. The molecule has 5 rings (SSSR count). The van der Waals surface area contributed by atoms with Crippen molar-refractivity contribution in [3.05, 3.63) is 72.4 Å². The summed E-state index contributed by atoms with van der Waals surface area (Å²) >= 11 is 0. The van der Waals surface area contributed by atoms with E-state index < -0.39 is 11.7 Å². The highest BCUT2D eigenvalue weighted by molar-refractivity contribution is 5.89. The lowest BCUT2D eigenvalue weighted by molar-refractivity contribution is 0.0485. The highest BCUT2D eigenvalue weighted by Crippen LogP contribution is 2.38. The van der Waals surface area contributed by atoms with Gasteiger partial charge in [-0.3, -0.25) is 0 Å². The average Bonchev–Trinajstić information content (AvgIpc) is 3.00. The number of benzene rings is 3. The van der Waals surface area contributed by atoms with Crippen LogP contribution >= 0.6 is 0 Å². The van der Waals surface area contributed by atoms with Crippen LogP contribution in [0, 0.1) is 0 Å². The maximum Gasteiger partial charge on any atom is 0.407 e. The fraction of sp³-hybridized carbons (Fsp3) is 0.382. The van der Waals surface area contributed by atoms with Crippen LogP contribution in [0.25, 0.3) is 22.0 Å². The molecule has 0 radical (unpaired) electrons. The van der Waals surface area contributed by atoms with Gasteiger partial charge in [-0.05, 0) is 75.3 Å². The first-order valence-corrected chi connectivity index (χ1v) is 14.5. The van der Waals surface area contributed by atoms with E-state index in [9.17, 15) is 4.79 Å². The summed E-state index contributed by atoms with van der Waals surface area (Å²) in [6, 6.07) is 19.8. The predicted octanol–water partition coefficient (Wildman–Crippen LogP) is 6.96. The molecule has 1 heterocycles. The zero-order chi connectivity index (χ0) is 30.6. The van der Waals surface area contributed by atoms with Crippen LogP contribution in [-0.4, -0.2) is 55.1 Å². The number of rotatable bonds is 8. The summed E-state index contributed by atoms with van der Waals surface area (Å²) in [7, 11) is 4.89. The molecule has 43 heavy (non-hydrogen) atoms. The Kier molecular flexibility index (Phi) is 8.89. The third kappa shape index (κ3) is 7.28. The number of anilines is 1. The van der Waals surface area contributed by atoms with Gasteiger partial charge in [-0.1, -0.05) is 30.3 Å². The Bertz CT molecular complexity index is 1550. The quantitative estimate of drug-likeness (QED) is 0.229. The summed E-state index contributed by atoms with van der Waals surface area (Å²) in [6.45, 7) is 5.59. The third-order valence-corrected chi connectivity index (χ3v) is 7.70. The van der Waals surface area contributed by atoms with E-state index in [1.54, 1.807) is 27.5 Å². The van der Waals surface area contributed by atoms with Crippen LogP contribution in [0.4, 0.5) is 10.7 Å². The van der Waals surface area contributed by atoms with E-state index in [-0.39, 0.29) is 12.1 Å². The van der Waals surface area contributed by atoms with Gasteiger partial charge in [0.2, 0.25) is 5.95 Å². The van der Waals surface area contributed by atoms with Crippen molar-refractivity contribution in [2.24, 2.45) is 0 Å². The third-order valence-electron chi connectivity index (χ3n) is 7.70. The lowest BCUT2D eigenvalue weighted by atomic mass is 9.78. The molecule has 1 amide bonds. The maximum absolute atomic E-state index is 12.8. The topological polar surface area (TPSA) is 104 Å². The van der Waals surface area contributed by atoms with Crippen LogP contribution in [0.15, 0.2) is 66.9 Å². The molecule has 0 saturated heterocycles. The second-order valence-electron chi connectivity index (χ2n) is 11.8. The van der Waals surface area contributed by atoms with Crippen molar-refractivity contribution in [2.45, 2.75) is 63.6 Å². The fourth-order valence-corrected chi connectivity index (χ4v) is 5.64. The zero-order valence-electron chi connectivity index (χ0n) is 25.6. The number of hydrogen-bond acceptors (Lipinski definition) is 8. The molecule has 4 aromatic rings. The smallest absolute Gasteiger partial charge is 0.407 e. The average molecular weight is 585 g/mol. The van der Waals surface area contributed by atoms with Crippen molar-refractivity contribution in [1.29, 1.82) is 0 Å². The molecule has 0 aliphatic heterocycles. The first kappa shape index (κ1) is 29.9. The van der Waals surface area contributed by atoms with Crippen LogP contribution in [-0.2, 0) is 4.74 Å². The van der Waals surface area contributed by atoms with E-state index in [1.807, 2.05) is 57.2 Å². The second-order valence-corrected chi connectivity index (χ2v) is 11.8. The number of aromatic nitrogens is 2. The van der Waals surface area contributed by atoms with Crippen LogP contribution in [0.2, 0.25) is 0 Å². The summed E-state index contributed by atoms with van der Waals surface area (Å²) in [6.07, 6.45) is 3.96. The molecule has 3 unspecified atom stereocenters. The second kappa shape index (κ2) is 12.8. The molecule has 3 aromatic carbocycles. The van der Waals surface area contributed by atoms with Gasteiger partial charge < -0.3 is 29.6 Å². The van der Waals surface area contributed by atoms with Gasteiger partial charge >= 0.3 is 6.09 Å². The van der Waals surface area contributed by atoms with E-state index in [2.05, 4.69) is 39.9 Å². The number of nitrogens with one attached hydrogen (secondary N) is 2. The molecule has 0 bridgehead atoms. The van der Waals surface area contributed by atoms with Gasteiger partial charge in [0.05, 0.1) is 32.9 Å². The van der Waals surface area contributed by atoms with E-state index in [0.29, 0.717) is 29.1 Å². The highest BCUT2D eigenvalue weighted by atomic mass is 16.6. The van der Waals surface area contributed by atoms with Crippen molar-refractivity contribution >= 4 is 22.9 Å². The summed E-state index contributed by atoms with van der Waals surface area (Å²) < 4.78 is 22.3. The first-order valence-electron chi connectivity index (χ1n) is 14.5. The van der Waals surface area contributed by atoms with Crippen LogP contribution in [0.5, 0.6) is 17.2 Å². The van der Waals surface area contributed by atoms with Crippen molar-refractivity contribution in [3.8, 4) is 28.4 Å². The molecular formula is C34H40N4O5. The predicted molar refractivity (Wildman–Crippen MR) is 168 cm³/mol. The van der Waals surface area contributed by atoms with Crippen LogP contribution < -0.4 is 24.8 Å². The number of ether oxygens (including phenoxy) is 4. The molecule has 1 aliphatic rings. The van der Waals surface area contributed by atoms with Crippen molar-refractivity contribution in [3.63, 3.8) is 0 Å². The minimum absolute atomic E-state index is 0.0738. The normalized spacial score (nSPS) is 18.5. The van der Waals surface area contributed by atoms with Crippen LogP contribution in [0.1, 0.15) is 51.5 Å². The van der Waals surface area contributed by atoms with Gasteiger partial charge in [0, 0.05) is 35.3 Å². The van der Waals surface area contributed by atoms with E-state index >= 15 is 0 Å². The van der Waals surface area contributed by atoms with E-state index in [4.69, 9.17) is 23.9 Å². The van der Waals surface area contributed by atoms with Gasteiger partial charge in [-0.2, -0.15) is 0 Å². The fourth-order valence-electron chi connectivity index (χ4n) is 5.64.